The smallest absolute Gasteiger partial charge is 0.221 e. The van der Waals surface area contributed by atoms with E-state index in [1.54, 1.807) is 6.20 Å². The summed E-state index contributed by atoms with van der Waals surface area (Å²) in [7, 11) is 0. The molecule has 0 spiro atoms. The Morgan fingerprint density at radius 3 is 2.08 bits per heavy atom. The molecule has 0 aliphatic rings. The van der Waals surface area contributed by atoms with E-state index in [1.165, 1.54) is 0 Å². The van der Waals surface area contributed by atoms with Gasteiger partial charge >= 0.3 is 0 Å². The molecule has 0 radical (unpaired) electrons. The molecule has 0 saturated carbocycles. The predicted octanol–water partition coefficient (Wildman–Crippen LogP) is 5.55. The van der Waals surface area contributed by atoms with Gasteiger partial charge in [-0.25, -0.2) is 4.98 Å². The van der Waals surface area contributed by atoms with E-state index in [1.807, 2.05) is 79.7 Å². The van der Waals surface area contributed by atoms with Crippen LogP contribution >= 0.6 is 0 Å². The summed E-state index contributed by atoms with van der Waals surface area (Å²) in [5.74, 6) is 1.40. The zero-order chi connectivity index (χ0) is 17.8. The number of rotatable bonds is 3. The van der Waals surface area contributed by atoms with Gasteiger partial charge in [0.05, 0.1) is 0 Å². The van der Waals surface area contributed by atoms with Crippen molar-refractivity contribution in [1.29, 1.82) is 0 Å². The summed E-state index contributed by atoms with van der Waals surface area (Å²) in [6.45, 7) is 2.00. The fraction of sp³-hybridized carbons (Fsp3) is 0.0435. The molecule has 4 aromatic rings. The molecular formula is C23H18N2O. The lowest BCUT2D eigenvalue weighted by Crippen LogP contribution is -2.02. The van der Waals surface area contributed by atoms with Crippen molar-refractivity contribution in [3.63, 3.8) is 0 Å². The molecule has 2 aromatic heterocycles. The molecule has 3 heteroatoms. The first-order valence-corrected chi connectivity index (χ1v) is 8.51. The lowest BCUT2D eigenvalue weighted by Gasteiger charge is -2.06. The van der Waals surface area contributed by atoms with Crippen LogP contribution < -0.4 is 5.55 Å². The van der Waals surface area contributed by atoms with Crippen molar-refractivity contribution in [1.82, 2.24) is 4.98 Å². The standard InChI is InChI=1S/C23H18N2O/c1-17-12-13-22(24-16-17)25-23-15-20(18-8-4-2-5-9-18)14-21(26-23)19-10-6-3-7-11-19/h2-16H,1H3. The highest BCUT2D eigenvalue weighted by Gasteiger charge is 2.06. The van der Waals surface area contributed by atoms with E-state index in [4.69, 9.17) is 4.42 Å². The van der Waals surface area contributed by atoms with E-state index in [9.17, 15) is 0 Å². The van der Waals surface area contributed by atoms with Gasteiger partial charge in [0, 0.05) is 17.8 Å². The zero-order valence-electron chi connectivity index (χ0n) is 14.5. The number of hydrogen-bond donors (Lipinski definition) is 0. The normalized spacial score (nSPS) is 11.5. The van der Waals surface area contributed by atoms with Gasteiger partial charge in [-0.15, -0.1) is 0 Å². The number of benzene rings is 2. The minimum atomic E-state index is 0.529. The molecule has 0 amide bonds. The molecule has 0 N–H and O–H groups in total. The molecule has 0 atom stereocenters. The fourth-order valence-corrected chi connectivity index (χ4v) is 2.72. The first kappa shape index (κ1) is 16.0. The lowest BCUT2D eigenvalue weighted by molar-refractivity contribution is 0.511. The van der Waals surface area contributed by atoms with Crippen molar-refractivity contribution in [2.45, 2.75) is 6.92 Å². The number of nitrogens with zero attached hydrogens (tertiary/aromatic N) is 2. The van der Waals surface area contributed by atoms with Gasteiger partial charge in [-0.1, -0.05) is 66.7 Å². The van der Waals surface area contributed by atoms with Crippen LogP contribution in [-0.4, -0.2) is 4.98 Å². The molecule has 3 nitrogen and oxygen atoms in total. The third-order valence-corrected chi connectivity index (χ3v) is 4.07. The largest absolute Gasteiger partial charge is 0.438 e. The summed E-state index contributed by atoms with van der Waals surface area (Å²) in [4.78, 5) is 8.93. The molecule has 0 bridgehead atoms. The van der Waals surface area contributed by atoms with Gasteiger partial charge in [0.25, 0.3) is 0 Å². The fourth-order valence-electron chi connectivity index (χ4n) is 2.72. The number of aromatic nitrogens is 1. The summed E-state index contributed by atoms with van der Waals surface area (Å²) in [5, 5.41) is 0. The minimum Gasteiger partial charge on any atom is -0.438 e. The Morgan fingerprint density at radius 2 is 1.42 bits per heavy atom. The Morgan fingerprint density at radius 1 is 0.731 bits per heavy atom. The SMILES string of the molecule is Cc1ccc(N=c2cc(-c3ccccc3)cc(-c3ccccc3)o2)nc1. The van der Waals surface area contributed by atoms with Gasteiger partial charge in [-0.2, -0.15) is 4.99 Å². The second-order valence-corrected chi connectivity index (χ2v) is 6.09. The third kappa shape index (κ3) is 3.62. The molecule has 2 aromatic carbocycles. The molecule has 2 heterocycles. The van der Waals surface area contributed by atoms with Crippen LogP contribution in [0.25, 0.3) is 22.5 Å². The Labute approximate surface area is 152 Å². The van der Waals surface area contributed by atoms with Gasteiger partial charge in [0.2, 0.25) is 5.55 Å². The Kier molecular flexibility index (Phi) is 4.44. The maximum absolute atomic E-state index is 6.05. The first-order chi connectivity index (χ1) is 12.8. The van der Waals surface area contributed by atoms with Crippen molar-refractivity contribution >= 4 is 5.82 Å². The quantitative estimate of drug-likeness (QED) is 0.491. The van der Waals surface area contributed by atoms with Gasteiger partial charge in [-0.3, -0.25) is 0 Å². The molecule has 0 unspecified atom stereocenters. The Hall–Kier alpha value is -3.46. The number of hydrogen-bond acceptors (Lipinski definition) is 3. The summed E-state index contributed by atoms with van der Waals surface area (Å²) in [6, 6.07) is 28.2. The lowest BCUT2D eigenvalue weighted by atomic mass is 10.0. The van der Waals surface area contributed by atoms with Crippen LogP contribution in [0.1, 0.15) is 5.56 Å². The molecule has 26 heavy (non-hydrogen) atoms. The molecule has 4 rings (SSSR count). The second kappa shape index (κ2) is 7.19. The van der Waals surface area contributed by atoms with Crippen LogP contribution in [0.15, 0.2) is 101 Å². The molecule has 0 aliphatic carbocycles. The van der Waals surface area contributed by atoms with Crippen LogP contribution in [0.4, 0.5) is 5.82 Å². The van der Waals surface area contributed by atoms with Crippen molar-refractivity contribution in [3.05, 3.63) is 102 Å². The predicted molar refractivity (Wildman–Crippen MR) is 104 cm³/mol. The van der Waals surface area contributed by atoms with E-state index in [2.05, 4.69) is 22.1 Å². The Balaban J connectivity index is 1.89. The minimum absolute atomic E-state index is 0.529. The maximum Gasteiger partial charge on any atom is 0.221 e. The van der Waals surface area contributed by atoms with E-state index < -0.39 is 0 Å². The van der Waals surface area contributed by atoms with Crippen LogP contribution in [0.5, 0.6) is 0 Å². The van der Waals surface area contributed by atoms with E-state index in [0.29, 0.717) is 11.4 Å². The molecule has 0 aliphatic heterocycles. The van der Waals surface area contributed by atoms with E-state index in [0.717, 1.165) is 28.0 Å². The average Bonchev–Trinajstić information content (AvgIpc) is 2.71. The molecule has 0 saturated heterocycles. The molecule has 0 fully saturated rings. The van der Waals surface area contributed by atoms with Crippen LogP contribution in [0, 0.1) is 6.92 Å². The molecule has 126 valence electrons. The van der Waals surface area contributed by atoms with Crippen molar-refractivity contribution in [2.24, 2.45) is 4.99 Å². The van der Waals surface area contributed by atoms with Gasteiger partial charge in [0.1, 0.15) is 5.76 Å². The average molecular weight is 338 g/mol. The number of aryl methyl sites for hydroxylation is 1. The van der Waals surface area contributed by atoms with E-state index >= 15 is 0 Å². The van der Waals surface area contributed by atoms with Crippen molar-refractivity contribution in [2.75, 3.05) is 0 Å². The van der Waals surface area contributed by atoms with Crippen LogP contribution in [-0.2, 0) is 0 Å². The third-order valence-electron chi connectivity index (χ3n) is 4.07. The number of pyridine rings is 1. The van der Waals surface area contributed by atoms with Crippen LogP contribution in [0.2, 0.25) is 0 Å². The maximum atomic E-state index is 6.05. The van der Waals surface area contributed by atoms with E-state index in [-0.39, 0.29) is 0 Å². The second-order valence-electron chi connectivity index (χ2n) is 6.09. The first-order valence-electron chi connectivity index (χ1n) is 8.51. The van der Waals surface area contributed by atoms with Gasteiger partial charge in [-0.05, 0) is 35.7 Å². The summed E-state index contributed by atoms with van der Waals surface area (Å²) >= 11 is 0. The monoisotopic (exact) mass is 338 g/mol. The highest BCUT2D eigenvalue weighted by Crippen LogP contribution is 2.24. The topological polar surface area (TPSA) is 38.4 Å². The van der Waals surface area contributed by atoms with Gasteiger partial charge < -0.3 is 4.42 Å². The summed E-state index contributed by atoms with van der Waals surface area (Å²) in [5.41, 5.74) is 4.82. The van der Waals surface area contributed by atoms with Crippen molar-refractivity contribution < 1.29 is 4.42 Å². The molecular weight excluding hydrogens is 320 g/mol. The van der Waals surface area contributed by atoms with Crippen LogP contribution in [0.3, 0.4) is 0 Å². The zero-order valence-corrected chi connectivity index (χ0v) is 14.5. The highest BCUT2D eigenvalue weighted by atomic mass is 16.3. The Bertz CT molecular complexity index is 1010. The van der Waals surface area contributed by atoms with Crippen molar-refractivity contribution in [3.8, 4) is 22.5 Å². The summed E-state index contributed by atoms with van der Waals surface area (Å²) < 4.78 is 6.05. The highest BCUT2D eigenvalue weighted by molar-refractivity contribution is 5.69. The van der Waals surface area contributed by atoms with Gasteiger partial charge in [0.15, 0.2) is 5.82 Å². The summed E-state index contributed by atoms with van der Waals surface area (Å²) in [6.07, 6.45) is 1.80.